The summed E-state index contributed by atoms with van der Waals surface area (Å²) in [5.74, 6) is 1.36. The van der Waals surface area contributed by atoms with E-state index in [1.807, 2.05) is 6.92 Å². The number of likely N-dealkylation sites (tertiary alicyclic amines) is 1. The quantitative estimate of drug-likeness (QED) is 0.759. The van der Waals surface area contributed by atoms with Crippen LogP contribution in [0.1, 0.15) is 46.5 Å². The largest absolute Gasteiger partial charge is 0.393 e. The molecule has 106 valence electrons. The van der Waals surface area contributed by atoms with Gasteiger partial charge in [0.15, 0.2) is 0 Å². The van der Waals surface area contributed by atoms with Crippen LogP contribution in [0.25, 0.3) is 0 Å². The smallest absolute Gasteiger partial charge is 0.0553 e. The van der Waals surface area contributed by atoms with Crippen LogP contribution in [0, 0.1) is 11.8 Å². The molecule has 1 aliphatic carbocycles. The zero-order chi connectivity index (χ0) is 13.1. The molecule has 4 atom stereocenters. The third kappa shape index (κ3) is 3.69. The number of aliphatic hydroxyl groups excluding tert-OH is 1. The molecule has 4 unspecified atom stereocenters. The summed E-state index contributed by atoms with van der Waals surface area (Å²) in [6, 6.07) is 1.27. The third-order valence-electron chi connectivity index (χ3n) is 4.76. The van der Waals surface area contributed by atoms with E-state index in [1.54, 1.807) is 0 Å². The Labute approximate surface area is 112 Å². The summed E-state index contributed by atoms with van der Waals surface area (Å²) >= 11 is 0. The second-order valence-corrected chi connectivity index (χ2v) is 6.42. The van der Waals surface area contributed by atoms with Gasteiger partial charge >= 0.3 is 0 Å². The fourth-order valence-electron chi connectivity index (χ4n) is 3.23. The van der Waals surface area contributed by atoms with E-state index < -0.39 is 0 Å². The van der Waals surface area contributed by atoms with Crippen molar-refractivity contribution in [2.75, 3.05) is 19.6 Å². The van der Waals surface area contributed by atoms with E-state index in [1.165, 1.54) is 25.8 Å². The number of hydrogen-bond donors (Lipinski definition) is 2. The molecule has 3 heteroatoms. The Balaban J connectivity index is 1.92. The third-order valence-corrected chi connectivity index (χ3v) is 4.76. The number of aliphatic hydroxyl groups is 1. The Morgan fingerprint density at radius 2 is 1.94 bits per heavy atom. The first-order valence-corrected chi connectivity index (χ1v) is 7.77. The molecule has 1 aliphatic heterocycles. The lowest BCUT2D eigenvalue weighted by Crippen LogP contribution is -2.54. The van der Waals surface area contributed by atoms with Gasteiger partial charge in [0.05, 0.1) is 6.10 Å². The number of nitrogens with zero attached hydrogens (tertiary/aromatic N) is 1. The van der Waals surface area contributed by atoms with Crippen LogP contribution in [0.2, 0.25) is 0 Å². The lowest BCUT2D eigenvalue weighted by atomic mass is 9.89. The molecule has 2 rings (SSSR count). The summed E-state index contributed by atoms with van der Waals surface area (Å²) in [4.78, 5) is 2.62. The summed E-state index contributed by atoms with van der Waals surface area (Å²) in [6.45, 7) is 9.89. The van der Waals surface area contributed by atoms with Crippen molar-refractivity contribution >= 4 is 0 Å². The van der Waals surface area contributed by atoms with Crippen LogP contribution in [0.3, 0.4) is 0 Å². The molecule has 0 aromatic carbocycles. The SMILES string of the molecule is CCCNC1CC(C(C)O)CN(C(C)C2CC2)C1. The van der Waals surface area contributed by atoms with Gasteiger partial charge in [-0.3, -0.25) is 4.90 Å². The maximum atomic E-state index is 9.92. The van der Waals surface area contributed by atoms with E-state index >= 15 is 0 Å². The van der Waals surface area contributed by atoms with Gasteiger partial charge in [0, 0.05) is 25.2 Å². The summed E-state index contributed by atoms with van der Waals surface area (Å²) in [7, 11) is 0. The number of nitrogens with one attached hydrogen (secondary N) is 1. The van der Waals surface area contributed by atoms with E-state index in [4.69, 9.17) is 0 Å². The van der Waals surface area contributed by atoms with Crippen molar-refractivity contribution in [3.8, 4) is 0 Å². The summed E-state index contributed by atoms with van der Waals surface area (Å²) in [5.41, 5.74) is 0. The minimum atomic E-state index is -0.176. The highest BCUT2D eigenvalue weighted by molar-refractivity contribution is 4.92. The number of rotatable bonds is 6. The van der Waals surface area contributed by atoms with Crippen LogP contribution in [0.4, 0.5) is 0 Å². The molecule has 0 bridgehead atoms. The normalized spacial score (nSPS) is 33.3. The summed E-state index contributed by atoms with van der Waals surface area (Å²) in [5, 5.41) is 13.6. The molecule has 0 spiro atoms. The first-order chi connectivity index (χ1) is 8.61. The maximum absolute atomic E-state index is 9.92. The van der Waals surface area contributed by atoms with Crippen molar-refractivity contribution in [3.63, 3.8) is 0 Å². The van der Waals surface area contributed by atoms with Gasteiger partial charge < -0.3 is 10.4 Å². The molecule has 0 amide bonds. The minimum absolute atomic E-state index is 0.176. The molecule has 2 N–H and O–H groups in total. The van der Waals surface area contributed by atoms with E-state index in [2.05, 4.69) is 24.1 Å². The van der Waals surface area contributed by atoms with Gasteiger partial charge in [-0.05, 0) is 57.9 Å². The predicted molar refractivity (Wildman–Crippen MR) is 75.6 cm³/mol. The Kier molecular flexibility index (Phi) is 5.05. The predicted octanol–water partition coefficient (Wildman–Crippen LogP) is 1.86. The lowest BCUT2D eigenvalue weighted by molar-refractivity contribution is 0.0282. The molecule has 0 aromatic rings. The summed E-state index contributed by atoms with van der Waals surface area (Å²) < 4.78 is 0. The molecule has 0 aromatic heterocycles. The monoisotopic (exact) mass is 254 g/mol. The summed E-state index contributed by atoms with van der Waals surface area (Å²) in [6.07, 6.45) is 4.96. The second-order valence-electron chi connectivity index (χ2n) is 6.42. The van der Waals surface area contributed by atoms with Crippen LogP contribution in [0.15, 0.2) is 0 Å². The van der Waals surface area contributed by atoms with Crippen LogP contribution >= 0.6 is 0 Å². The Hall–Kier alpha value is -0.120. The Bertz CT molecular complexity index is 253. The maximum Gasteiger partial charge on any atom is 0.0553 e. The fraction of sp³-hybridized carbons (Fsp3) is 1.00. The average molecular weight is 254 g/mol. The van der Waals surface area contributed by atoms with Crippen molar-refractivity contribution < 1.29 is 5.11 Å². The molecule has 2 aliphatic rings. The van der Waals surface area contributed by atoms with Crippen molar-refractivity contribution in [1.29, 1.82) is 0 Å². The topological polar surface area (TPSA) is 35.5 Å². The molecule has 1 saturated heterocycles. The van der Waals surface area contributed by atoms with Crippen LogP contribution in [-0.2, 0) is 0 Å². The molecule has 18 heavy (non-hydrogen) atoms. The molecule has 0 radical (unpaired) electrons. The Morgan fingerprint density at radius 3 is 2.50 bits per heavy atom. The molecule has 1 saturated carbocycles. The zero-order valence-electron chi connectivity index (χ0n) is 12.2. The van der Waals surface area contributed by atoms with Gasteiger partial charge in [-0.1, -0.05) is 6.92 Å². The number of hydrogen-bond acceptors (Lipinski definition) is 3. The van der Waals surface area contributed by atoms with E-state index in [-0.39, 0.29) is 6.10 Å². The highest BCUT2D eigenvalue weighted by atomic mass is 16.3. The van der Waals surface area contributed by atoms with Gasteiger partial charge in [0.1, 0.15) is 0 Å². The highest BCUT2D eigenvalue weighted by Crippen LogP contribution is 2.36. The van der Waals surface area contributed by atoms with Crippen molar-refractivity contribution in [2.24, 2.45) is 11.8 Å². The van der Waals surface area contributed by atoms with Crippen LogP contribution in [0.5, 0.6) is 0 Å². The van der Waals surface area contributed by atoms with Crippen molar-refractivity contribution in [3.05, 3.63) is 0 Å². The standard InChI is InChI=1S/C15H30N2O/c1-4-7-16-15-8-14(12(3)18)9-17(10-15)11(2)13-5-6-13/h11-16,18H,4-10H2,1-3H3. The number of piperidine rings is 1. The molecule has 3 nitrogen and oxygen atoms in total. The van der Waals surface area contributed by atoms with E-state index in [0.29, 0.717) is 18.0 Å². The van der Waals surface area contributed by atoms with Crippen LogP contribution in [-0.4, -0.2) is 47.8 Å². The van der Waals surface area contributed by atoms with E-state index in [9.17, 15) is 5.11 Å². The Morgan fingerprint density at radius 1 is 1.22 bits per heavy atom. The van der Waals surface area contributed by atoms with Gasteiger partial charge in [-0.15, -0.1) is 0 Å². The highest BCUT2D eigenvalue weighted by Gasteiger charge is 2.37. The van der Waals surface area contributed by atoms with Gasteiger partial charge in [-0.2, -0.15) is 0 Å². The molecule has 2 fully saturated rings. The first-order valence-electron chi connectivity index (χ1n) is 7.77. The molecule has 1 heterocycles. The van der Waals surface area contributed by atoms with Crippen molar-refractivity contribution in [1.82, 2.24) is 10.2 Å². The van der Waals surface area contributed by atoms with Crippen molar-refractivity contribution in [2.45, 2.75) is 64.6 Å². The lowest BCUT2D eigenvalue weighted by Gasteiger charge is -2.42. The van der Waals surface area contributed by atoms with Gasteiger partial charge in [0.2, 0.25) is 0 Å². The zero-order valence-corrected chi connectivity index (χ0v) is 12.2. The van der Waals surface area contributed by atoms with Gasteiger partial charge in [-0.25, -0.2) is 0 Å². The molecular formula is C15H30N2O. The average Bonchev–Trinajstić information content (AvgIpc) is 3.19. The fourth-order valence-corrected chi connectivity index (χ4v) is 3.23. The minimum Gasteiger partial charge on any atom is -0.393 e. The molecular weight excluding hydrogens is 224 g/mol. The van der Waals surface area contributed by atoms with Gasteiger partial charge in [0.25, 0.3) is 0 Å². The van der Waals surface area contributed by atoms with E-state index in [0.717, 1.165) is 25.4 Å². The second kappa shape index (κ2) is 6.36. The first kappa shape index (κ1) is 14.3. The van der Waals surface area contributed by atoms with Crippen LogP contribution < -0.4 is 5.32 Å².